The van der Waals surface area contributed by atoms with E-state index in [-0.39, 0.29) is 11.5 Å². The number of nitrogens with two attached hydrogens (primary N) is 1. The van der Waals surface area contributed by atoms with Crippen LogP contribution in [0.3, 0.4) is 0 Å². The van der Waals surface area contributed by atoms with Crippen molar-refractivity contribution >= 4 is 11.6 Å². The fourth-order valence-corrected chi connectivity index (χ4v) is 1.38. The number of hydrogen-bond acceptors (Lipinski definition) is 3. The number of rotatable bonds is 3. The van der Waals surface area contributed by atoms with E-state index in [4.69, 9.17) is 10.8 Å². The number of carbonyl (C=O) groups is 1. The van der Waals surface area contributed by atoms with Crippen LogP contribution in [0.2, 0.25) is 0 Å². The maximum Gasteiger partial charge on any atom is 0.416 e. The zero-order valence-electron chi connectivity index (χ0n) is 9.53. The number of aliphatic hydroxyl groups excluding tert-OH is 1. The largest absolute Gasteiger partial charge is 0.416 e. The summed E-state index contributed by atoms with van der Waals surface area (Å²) in [6, 6.07) is 3.92. The third kappa shape index (κ3) is 3.71. The lowest BCUT2D eigenvalue weighted by Crippen LogP contribution is -2.38. The maximum absolute atomic E-state index is 12.2. The Balaban J connectivity index is 2.82. The van der Waals surface area contributed by atoms with Gasteiger partial charge in [-0.15, -0.1) is 0 Å². The minimum absolute atomic E-state index is 0.133. The molecule has 1 aromatic rings. The minimum Gasteiger partial charge on any atom is -0.382 e. The van der Waals surface area contributed by atoms with Crippen LogP contribution < -0.4 is 11.1 Å². The lowest BCUT2D eigenvalue weighted by molar-refractivity contribution is -0.210. The van der Waals surface area contributed by atoms with Crippen LogP contribution in [0.5, 0.6) is 0 Å². The van der Waals surface area contributed by atoms with Crippen LogP contribution in [0.15, 0.2) is 24.3 Å². The van der Waals surface area contributed by atoms with E-state index in [9.17, 15) is 18.0 Å². The first kappa shape index (κ1) is 14.5. The Morgan fingerprint density at radius 1 is 1.33 bits per heavy atom. The summed E-state index contributed by atoms with van der Waals surface area (Å²) in [5.41, 5.74) is 5.90. The Morgan fingerprint density at radius 3 is 2.22 bits per heavy atom. The average Bonchev–Trinajstić information content (AvgIpc) is 2.26. The molecule has 4 N–H and O–H groups in total. The monoisotopic (exact) mass is 262 g/mol. The Bertz CT molecular complexity index is 417. The van der Waals surface area contributed by atoms with Gasteiger partial charge in [-0.2, -0.15) is 13.2 Å². The van der Waals surface area contributed by atoms with Gasteiger partial charge < -0.3 is 16.2 Å². The van der Waals surface area contributed by atoms with E-state index in [1.165, 1.54) is 31.2 Å². The lowest BCUT2D eigenvalue weighted by atomic mass is 10.0. The summed E-state index contributed by atoms with van der Waals surface area (Å²) < 4.78 is 36.7. The molecule has 0 aliphatic heterocycles. The zero-order valence-corrected chi connectivity index (χ0v) is 9.53. The molecule has 0 aliphatic rings. The van der Waals surface area contributed by atoms with Gasteiger partial charge in [0.15, 0.2) is 6.10 Å². The maximum atomic E-state index is 12.2. The second kappa shape index (κ2) is 5.36. The van der Waals surface area contributed by atoms with Gasteiger partial charge >= 0.3 is 6.18 Å². The molecule has 0 spiro atoms. The van der Waals surface area contributed by atoms with E-state index in [1.54, 1.807) is 0 Å². The first-order valence-corrected chi connectivity index (χ1v) is 5.09. The smallest absolute Gasteiger partial charge is 0.382 e. The number of amides is 1. The van der Waals surface area contributed by atoms with Gasteiger partial charge in [-0.3, -0.25) is 4.79 Å². The topological polar surface area (TPSA) is 75.4 Å². The Hall–Kier alpha value is -1.60. The normalized spacial score (nSPS) is 15.0. The van der Waals surface area contributed by atoms with Gasteiger partial charge in [0.25, 0.3) is 0 Å². The van der Waals surface area contributed by atoms with Crippen molar-refractivity contribution in [1.29, 1.82) is 0 Å². The van der Waals surface area contributed by atoms with Crippen molar-refractivity contribution < 1.29 is 23.1 Å². The van der Waals surface area contributed by atoms with Crippen LogP contribution in [-0.2, 0) is 4.79 Å². The molecular formula is C11H13F3N2O2. The predicted octanol–water partition coefficient (Wildman–Crippen LogP) is 1.57. The van der Waals surface area contributed by atoms with Crippen LogP contribution in [0.1, 0.15) is 18.5 Å². The molecule has 0 aliphatic carbocycles. The van der Waals surface area contributed by atoms with Crippen molar-refractivity contribution in [3.8, 4) is 0 Å². The van der Waals surface area contributed by atoms with E-state index in [0.717, 1.165) is 0 Å². The highest BCUT2D eigenvalue weighted by Crippen LogP contribution is 2.29. The van der Waals surface area contributed by atoms with Crippen molar-refractivity contribution in [1.82, 2.24) is 0 Å². The van der Waals surface area contributed by atoms with Gasteiger partial charge in [0.05, 0.1) is 6.04 Å². The second-order valence-corrected chi connectivity index (χ2v) is 3.82. The lowest BCUT2D eigenvalue weighted by Gasteiger charge is -2.21. The molecule has 1 rings (SSSR count). The van der Waals surface area contributed by atoms with Gasteiger partial charge in [-0.25, -0.2) is 0 Å². The van der Waals surface area contributed by atoms with Gasteiger partial charge in [0.1, 0.15) is 0 Å². The number of aliphatic hydroxyl groups is 1. The van der Waals surface area contributed by atoms with Crippen molar-refractivity contribution in [2.75, 3.05) is 5.32 Å². The number of nitrogens with one attached hydrogen (secondary N) is 1. The number of alkyl halides is 3. The molecule has 0 saturated carbocycles. The van der Waals surface area contributed by atoms with Gasteiger partial charge in [0.2, 0.25) is 5.91 Å². The second-order valence-electron chi connectivity index (χ2n) is 3.82. The summed E-state index contributed by atoms with van der Waals surface area (Å²) in [7, 11) is 0. The van der Waals surface area contributed by atoms with E-state index < -0.39 is 18.3 Å². The number of halogens is 3. The molecule has 18 heavy (non-hydrogen) atoms. The van der Waals surface area contributed by atoms with Crippen LogP contribution in [0.25, 0.3) is 0 Å². The van der Waals surface area contributed by atoms with Gasteiger partial charge in [-0.1, -0.05) is 12.1 Å². The molecule has 0 bridgehead atoms. The molecule has 1 aromatic carbocycles. The molecule has 0 radical (unpaired) electrons. The number of carbonyl (C=O) groups excluding carboxylic acids is 1. The highest BCUT2D eigenvalue weighted by atomic mass is 19.4. The van der Waals surface area contributed by atoms with Crippen LogP contribution in [0.4, 0.5) is 18.9 Å². The zero-order chi connectivity index (χ0) is 13.9. The minimum atomic E-state index is -4.77. The van der Waals surface area contributed by atoms with Crippen LogP contribution >= 0.6 is 0 Å². The molecule has 100 valence electrons. The number of hydrogen-bond donors (Lipinski definition) is 3. The Morgan fingerprint density at radius 2 is 1.83 bits per heavy atom. The summed E-state index contributed by atoms with van der Waals surface area (Å²) in [6.45, 7) is 1.31. The molecule has 0 heterocycles. The molecule has 0 fully saturated rings. The molecule has 0 unspecified atom stereocenters. The summed E-state index contributed by atoms with van der Waals surface area (Å²) in [5.74, 6) is -0.289. The third-order valence-corrected chi connectivity index (χ3v) is 2.29. The van der Waals surface area contributed by atoms with Crippen molar-refractivity contribution in [2.24, 2.45) is 5.73 Å². The third-order valence-electron chi connectivity index (χ3n) is 2.29. The van der Waals surface area contributed by atoms with Crippen molar-refractivity contribution in [2.45, 2.75) is 25.2 Å². The summed E-state index contributed by atoms with van der Waals surface area (Å²) in [4.78, 5) is 10.7. The van der Waals surface area contributed by atoms with E-state index in [2.05, 4.69) is 5.32 Å². The fourth-order valence-electron chi connectivity index (χ4n) is 1.38. The summed E-state index contributed by atoms with van der Waals surface area (Å²) >= 11 is 0. The number of anilines is 1. The predicted molar refractivity (Wildman–Crippen MR) is 59.7 cm³/mol. The number of benzene rings is 1. The Kier molecular flexibility index (Phi) is 4.31. The molecule has 4 nitrogen and oxygen atoms in total. The Labute approximate surface area is 102 Å². The molecular weight excluding hydrogens is 249 g/mol. The SMILES string of the molecule is CC(=O)Nc1ccc([C@@H](N)[C@@H](O)C(F)(F)F)cc1. The molecule has 1 amide bonds. The van der Waals surface area contributed by atoms with Crippen molar-refractivity contribution in [3.63, 3.8) is 0 Å². The average molecular weight is 262 g/mol. The summed E-state index contributed by atoms with van der Waals surface area (Å²) in [5, 5.41) is 11.5. The summed E-state index contributed by atoms with van der Waals surface area (Å²) in [6.07, 6.45) is -7.39. The first-order valence-electron chi connectivity index (χ1n) is 5.09. The van der Waals surface area contributed by atoms with Crippen molar-refractivity contribution in [3.05, 3.63) is 29.8 Å². The highest BCUT2D eigenvalue weighted by Gasteiger charge is 2.42. The van der Waals surface area contributed by atoms with Crippen LogP contribution in [-0.4, -0.2) is 23.3 Å². The fraction of sp³-hybridized carbons (Fsp3) is 0.364. The molecule has 2 atom stereocenters. The van der Waals surface area contributed by atoms with Gasteiger partial charge in [0, 0.05) is 12.6 Å². The quantitative estimate of drug-likeness (QED) is 0.774. The van der Waals surface area contributed by atoms with E-state index in [1.807, 2.05) is 0 Å². The standard InChI is InChI=1S/C11H13F3N2O2/c1-6(17)16-8-4-2-7(3-5-8)9(15)10(18)11(12,13)14/h2-5,9-10,18H,15H2,1H3,(H,16,17)/t9-,10-/m1/s1. The molecule has 0 aromatic heterocycles. The van der Waals surface area contributed by atoms with Gasteiger partial charge in [-0.05, 0) is 17.7 Å². The van der Waals surface area contributed by atoms with E-state index >= 15 is 0 Å². The van der Waals surface area contributed by atoms with E-state index in [0.29, 0.717) is 5.69 Å². The highest BCUT2D eigenvalue weighted by molar-refractivity contribution is 5.88. The molecule has 7 heteroatoms. The molecule has 0 saturated heterocycles. The first-order chi connectivity index (χ1) is 8.21. The van der Waals surface area contributed by atoms with Crippen LogP contribution in [0, 0.1) is 0 Å².